The first-order valence-corrected chi connectivity index (χ1v) is 8.44. The zero-order valence-corrected chi connectivity index (χ0v) is 14.5. The van der Waals surface area contributed by atoms with Crippen LogP contribution in [0.3, 0.4) is 0 Å². The van der Waals surface area contributed by atoms with Gasteiger partial charge in [-0.2, -0.15) is 5.10 Å². The average Bonchev–Trinajstić information content (AvgIpc) is 2.92. The fourth-order valence-electron chi connectivity index (χ4n) is 3.37. The molecule has 3 rings (SSSR count). The third-order valence-electron chi connectivity index (χ3n) is 4.64. The lowest BCUT2D eigenvalue weighted by atomic mass is 9.76. The lowest BCUT2D eigenvalue weighted by Crippen LogP contribution is -2.24. The van der Waals surface area contributed by atoms with E-state index in [4.69, 9.17) is 4.74 Å². The van der Waals surface area contributed by atoms with Crippen molar-refractivity contribution in [2.24, 2.45) is 5.41 Å². The van der Waals surface area contributed by atoms with Crippen LogP contribution in [0.4, 0.5) is 0 Å². The number of aliphatic hydroxyl groups is 1. The number of rotatable bonds is 4. The van der Waals surface area contributed by atoms with Crippen LogP contribution in [0.2, 0.25) is 0 Å². The fraction of sp³-hybridized carbons (Fsp3) is 0.474. The van der Waals surface area contributed by atoms with Crippen LogP contribution >= 0.6 is 0 Å². The molecule has 0 radical (unpaired) electrons. The third-order valence-corrected chi connectivity index (χ3v) is 4.64. The summed E-state index contributed by atoms with van der Waals surface area (Å²) in [6, 6.07) is 7.60. The number of aliphatic hydroxyl groups excluding tert-OH is 1. The monoisotopic (exact) mass is 328 g/mol. The van der Waals surface area contributed by atoms with Crippen molar-refractivity contribution in [2.75, 3.05) is 6.61 Å². The standard InChI is InChI=1S/C19H24N2O3/c1-4-24-18(23)17-14-11-19(2,3)10-9-16(14)21(20-17)15-8-6-5-7-13(15)12-22/h5-8,22H,4,9-12H2,1-3H3. The number of fused-ring (bicyclic) bond motifs is 1. The SMILES string of the molecule is CCOC(=O)c1nn(-c2ccccc2CO)c2c1CC(C)(C)CC2. The number of carbonyl (C=O) groups excluding carboxylic acids is 1. The molecule has 5 heteroatoms. The number of benzene rings is 1. The number of esters is 1. The van der Waals surface area contributed by atoms with E-state index in [2.05, 4.69) is 18.9 Å². The van der Waals surface area contributed by atoms with Gasteiger partial charge in [0.1, 0.15) is 0 Å². The predicted octanol–water partition coefficient (Wildman–Crippen LogP) is 3.06. The second-order valence-corrected chi connectivity index (χ2v) is 7.03. The van der Waals surface area contributed by atoms with Gasteiger partial charge in [-0.1, -0.05) is 32.0 Å². The quantitative estimate of drug-likeness (QED) is 0.876. The molecule has 1 aromatic carbocycles. The normalized spacial score (nSPS) is 15.8. The molecule has 0 spiro atoms. The average molecular weight is 328 g/mol. The van der Waals surface area contributed by atoms with Crippen LogP contribution in [-0.2, 0) is 24.2 Å². The van der Waals surface area contributed by atoms with Gasteiger partial charge in [0, 0.05) is 16.8 Å². The predicted molar refractivity (Wildman–Crippen MR) is 91.2 cm³/mol. The molecule has 1 N–H and O–H groups in total. The van der Waals surface area contributed by atoms with E-state index in [0.29, 0.717) is 12.3 Å². The van der Waals surface area contributed by atoms with Crippen LogP contribution in [0.5, 0.6) is 0 Å². The van der Waals surface area contributed by atoms with Crippen molar-refractivity contribution in [1.29, 1.82) is 0 Å². The summed E-state index contributed by atoms with van der Waals surface area (Å²) in [6.45, 7) is 6.49. The summed E-state index contributed by atoms with van der Waals surface area (Å²) < 4.78 is 7.03. The van der Waals surface area contributed by atoms with Gasteiger partial charge in [0.25, 0.3) is 0 Å². The summed E-state index contributed by atoms with van der Waals surface area (Å²) in [6.07, 6.45) is 2.70. The molecule has 0 fully saturated rings. The molecule has 1 aliphatic carbocycles. The van der Waals surface area contributed by atoms with Crippen LogP contribution in [0.1, 0.15) is 54.5 Å². The molecule has 5 nitrogen and oxygen atoms in total. The largest absolute Gasteiger partial charge is 0.461 e. The van der Waals surface area contributed by atoms with Gasteiger partial charge in [0.15, 0.2) is 5.69 Å². The van der Waals surface area contributed by atoms with Gasteiger partial charge in [0.05, 0.1) is 18.9 Å². The van der Waals surface area contributed by atoms with E-state index in [-0.39, 0.29) is 18.0 Å². The first kappa shape index (κ1) is 16.7. The zero-order chi connectivity index (χ0) is 17.3. The fourth-order valence-corrected chi connectivity index (χ4v) is 3.37. The molecule has 128 valence electrons. The van der Waals surface area contributed by atoms with Crippen molar-refractivity contribution in [3.8, 4) is 5.69 Å². The van der Waals surface area contributed by atoms with Crippen molar-refractivity contribution in [3.05, 3.63) is 46.8 Å². The maximum absolute atomic E-state index is 12.4. The Bertz CT molecular complexity index is 762. The molecular formula is C19H24N2O3. The van der Waals surface area contributed by atoms with E-state index in [9.17, 15) is 9.90 Å². The number of para-hydroxylation sites is 1. The van der Waals surface area contributed by atoms with Gasteiger partial charge >= 0.3 is 5.97 Å². The lowest BCUT2D eigenvalue weighted by molar-refractivity contribution is 0.0517. The van der Waals surface area contributed by atoms with Crippen molar-refractivity contribution in [3.63, 3.8) is 0 Å². The van der Waals surface area contributed by atoms with E-state index < -0.39 is 0 Å². The Hall–Kier alpha value is -2.14. The van der Waals surface area contributed by atoms with E-state index in [1.54, 1.807) is 6.92 Å². The van der Waals surface area contributed by atoms with E-state index in [0.717, 1.165) is 41.8 Å². The van der Waals surface area contributed by atoms with Gasteiger partial charge in [-0.3, -0.25) is 0 Å². The van der Waals surface area contributed by atoms with Crippen LogP contribution in [0.15, 0.2) is 24.3 Å². The van der Waals surface area contributed by atoms with Crippen molar-refractivity contribution < 1.29 is 14.6 Å². The Kier molecular flexibility index (Phi) is 4.45. The summed E-state index contributed by atoms with van der Waals surface area (Å²) >= 11 is 0. The molecule has 0 bridgehead atoms. The Balaban J connectivity index is 2.16. The molecule has 0 amide bonds. The topological polar surface area (TPSA) is 64.3 Å². The maximum Gasteiger partial charge on any atom is 0.359 e. The van der Waals surface area contributed by atoms with Crippen LogP contribution in [0, 0.1) is 5.41 Å². The number of hydrogen-bond donors (Lipinski definition) is 1. The second-order valence-electron chi connectivity index (χ2n) is 7.03. The third kappa shape index (κ3) is 2.96. The highest BCUT2D eigenvalue weighted by Gasteiger charge is 2.34. The van der Waals surface area contributed by atoms with Gasteiger partial charge in [-0.15, -0.1) is 0 Å². The Morgan fingerprint density at radius 3 is 2.83 bits per heavy atom. The zero-order valence-electron chi connectivity index (χ0n) is 14.5. The maximum atomic E-state index is 12.4. The number of nitrogens with zero attached hydrogens (tertiary/aromatic N) is 2. The van der Waals surface area contributed by atoms with Crippen LogP contribution in [-0.4, -0.2) is 27.5 Å². The molecular weight excluding hydrogens is 304 g/mol. The minimum Gasteiger partial charge on any atom is -0.461 e. The molecule has 1 aromatic heterocycles. The molecule has 1 heterocycles. The van der Waals surface area contributed by atoms with E-state index in [1.807, 2.05) is 28.9 Å². The highest BCUT2D eigenvalue weighted by molar-refractivity contribution is 5.89. The van der Waals surface area contributed by atoms with E-state index >= 15 is 0 Å². The lowest BCUT2D eigenvalue weighted by Gasteiger charge is -2.30. The molecule has 0 aliphatic heterocycles. The summed E-state index contributed by atoms with van der Waals surface area (Å²) in [5.74, 6) is -0.369. The van der Waals surface area contributed by atoms with Crippen LogP contribution < -0.4 is 0 Å². The Morgan fingerprint density at radius 2 is 2.12 bits per heavy atom. The smallest absolute Gasteiger partial charge is 0.359 e. The van der Waals surface area contributed by atoms with Gasteiger partial charge in [-0.05, 0) is 37.7 Å². The molecule has 24 heavy (non-hydrogen) atoms. The highest BCUT2D eigenvalue weighted by Crippen LogP contribution is 2.37. The van der Waals surface area contributed by atoms with Crippen molar-refractivity contribution in [2.45, 2.75) is 46.6 Å². The number of hydrogen-bond acceptors (Lipinski definition) is 4. The molecule has 0 saturated heterocycles. The molecule has 1 aliphatic rings. The first-order valence-electron chi connectivity index (χ1n) is 8.44. The Morgan fingerprint density at radius 1 is 1.38 bits per heavy atom. The van der Waals surface area contributed by atoms with Crippen LogP contribution in [0.25, 0.3) is 5.69 Å². The summed E-state index contributed by atoms with van der Waals surface area (Å²) in [5, 5.41) is 14.2. The Labute approximate surface area is 142 Å². The van der Waals surface area contributed by atoms with E-state index in [1.165, 1.54) is 0 Å². The minimum absolute atomic E-state index is 0.0644. The second kappa shape index (κ2) is 6.40. The number of aromatic nitrogens is 2. The minimum atomic E-state index is -0.369. The van der Waals surface area contributed by atoms with Gasteiger partial charge in [0.2, 0.25) is 0 Å². The summed E-state index contributed by atoms with van der Waals surface area (Å²) in [5.41, 5.74) is 4.20. The molecule has 0 unspecified atom stereocenters. The van der Waals surface area contributed by atoms with Crippen molar-refractivity contribution in [1.82, 2.24) is 9.78 Å². The highest BCUT2D eigenvalue weighted by atomic mass is 16.5. The van der Waals surface area contributed by atoms with Gasteiger partial charge in [-0.25, -0.2) is 9.48 Å². The number of ether oxygens (including phenoxy) is 1. The summed E-state index contributed by atoms with van der Waals surface area (Å²) in [7, 11) is 0. The number of carbonyl (C=O) groups is 1. The molecule has 0 saturated carbocycles. The summed E-state index contributed by atoms with van der Waals surface area (Å²) in [4.78, 5) is 12.4. The van der Waals surface area contributed by atoms with Crippen molar-refractivity contribution >= 4 is 5.97 Å². The molecule has 0 atom stereocenters. The first-order chi connectivity index (χ1) is 11.5. The van der Waals surface area contributed by atoms with Gasteiger partial charge < -0.3 is 9.84 Å². The molecule has 2 aromatic rings.